The van der Waals surface area contributed by atoms with Crippen molar-refractivity contribution in [3.63, 3.8) is 0 Å². The van der Waals surface area contributed by atoms with E-state index in [1.54, 1.807) is 19.0 Å². The van der Waals surface area contributed by atoms with Crippen LogP contribution in [-0.4, -0.2) is 56.2 Å². The third-order valence-electron chi connectivity index (χ3n) is 4.53. The molecule has 31 heavy (non-hydrogen) atoms. The minimum atomic E-state index is 0. The number of halogens is 1. The van der Waals surface area contributed by atoms with Crippen molar-refractivity contribution >= 4 is 47.6 Å². The summed E-state index contributed by atoms with van der Waals surface area (Å²) in [5, 5.41) is 6.69. The average Bonchev–Trinajstić information content (AvgIpc) is 2.74. The molecule has 0 fully saturated rings. The highest BCUT2D eigenvalue weighted by Crippen LogP contribution is 2.12. The molecule has 0 saturated heterocycles. The standard InChI is InChI=1S/C24H34N4OS.HI/c1-5-25-24(27-15-16-30-18-21-11-9-19(2)10-12-21)26-14-13-20-7-6-8-22(17-20)23(29)28(3)4;/h6-12,17H,5,13-16,18H2,1-4H3,(H2,25,26,27);1H. The minimum absolute atomic E-state index is 0. The van der Waals surface area contributed by atoms with Crippen molar-refractivity contribution in [3.8, 4) is 0 Å². The van der Waals surface area contributed by atoms with Crippen LogP contribution in [0.4, 0.5) is 0 Å². The van der Waals surface area contributed by atoms with E-state index in [9.17, 15) is 4.79 Å². The summed E-state index contributed by atoms with van der Waals surface area (Å²) >= 11 is 1.90. The molecule has 5 nitrogen and oxygen atoms in total. The van der Waals surface area contributed by atoms with E-state index in [4.69, 9.17) is 0 Å². The number of benzene rings is 2. The zero-order valence-corrected chi connectivity index (χ0v) is 22.1. The van der Waals surface area contributed by atoms with Gasteiger partial charge in [0, 0.05) is 44.3 Å². The highest BCUT2D eigenvalue weighted by atomic mass is 127. The molecule has 0 bridgehead atoms. The van der Waals surface area contributed by atoms with E-state index in [1.165, 1.54) is 11.1 Å². The Labute approximate surface area is 208 Å². The molecular formula is C24H35IN4OS. The van der Waals surface area contributed by atoms with E-state index in [-0.39, 0.29) is 29.9 Å². The topological polar surface area (TPSA) is 56.7 Å². The van der Waals surface area contributed by atoms with Gasteiger partial charge in [-0.05, 0) is 43.5 Å². The van der Waals surface area contributed by atoms with Gasteiger partial charge >= 0.3 is 0 Å². The molecule has 1 amide bonds. The number of amides is 1. The number of guanidine groups is 1. The van der Waals surface area contributed by atoms with Crippen LogP contribution in [-0.2, 0) is 12.2 Å². The van der Waals surface area contributed by atoms with Gasteiger partial charge in [-0.1, -0.05) is 42.0 Å². The molecule has 0 radical (unpaired) electrons. The molecule has 0 aliphatic heterocycles. The third-order valence-corrected chi connectivity index (χ3v) is 5.53. The van der Waals surface area contributed by atoms with Crippen LogP contribution in [0.1, 0.15) is 34.0 Å². The first kappa shape index (κ1) is 27.3. The number of hydrogen-bond donors (Lipinski definition) is 2. The number of aliphatic imine (C=N–C) groups is 1. The molecule has 170 valence electrons. The number of hydrogen-bond acceptors (Lipinski definition) is 3. The second kappa shape index (κ2) is 15.1. The van der Waals surface area contributed by atoms with Gasteiger partial charge in [0.15, 0.2) is 5.96 Å². The van der Waals surface area contributed by atoms with Gasteiger partial charge in [-0.15, -0.1) is 24.0 Å². The summed E-state index contributed by atoms with van der Waals surface area (Å²) in [5.74, 6) is 2.87. The van der Waals surface area contributed by atoms with Crippen LogP contribution in [0.2, 0.25) is 0 Å². The fourth-order valence-corrected chi connectivity index (χ4v) is 3.67. The van der Waals surface area contributed by atoms with E-state index >= 15 is 0 Å². The van der Waals surface area contributed by atoms with Gasteiger partial charge in [-0.3, -0.25) is 9.79 Å². The van der Waals surface area contributed by atoms with E-state index in [0.717, 1.165) is 54.6 Å². The van der Waals surface area contributed by atoms with Crippen LogP contribution in [0.3, 0.4) is 0 Å². The zero-order chi connectivity index (χ0) is 21.8. The lowest BCUT2D eigenvalue weighted by Gasteiger charge is -2.13. The molecule has 0 saturated carbocycles. The Kier molecular flexibility index (Phi) is 13.3. The van der Waals surface area contributed by atoms with Crippen LogP contribution >= 0.6 is 35.7 Å². The number of nitrogens with zero attached hydrogens (tertiary/aromatic N) is 2. The first-order valence-electron chi connectivity index (χ1n) is 10.5. The number of aryl methyl sites for hydroxylation is 1. The Morgan fingerprint density at radius 2 is 1.81 bits per heavy atom. The maximum Gasteiger partial charge on any atom is 0.253 e. The number of carbonyl (C=O) groups is 1. The summed E-state index contributed by atoms with van der Waals surface area (Å²) in [6.07, 6.45) is 0.834. The number of thioether (sulfide) groups is 1. The molecule has 0 aromatic heterocycles. The fourth-order valence-electron chi connectivity index (χ4n) is 2.88. The second-order valence-corrected chi connectivity index (χ2v) is 8.48. The van der Waals surface area contributed by atoms with Crippen molar-refractivity contribution in [2.75, 3.05) is 39.5 Å². The third kappa shape index (κ3) is 10.4. The SMILES string of the molecule is CCNC(=NCCSCc1ccc(C)cc1)NCCc1cccc(C(=O)N(C)C)c1.I. The average molecular weight is 555 g/mol. The van der Waals surface area contributed by atoms with E-state index in [0.29, 0.717) is 0 Å². The van der Waals surface area contributed by atoms with Gasteiger partial charge in [0.1, 0.15) is 0 Å². The first-order valence-corrected chi connectivity index (χ1v) is 11.6. The molecule has 0 heterocycles. The van der Waals surface area contributed by atoms with Crippen molar-refractivity contribution < 1.29 is 4.79 Å². The smallest absolute Gasteiger partial charge is 0.253 e. The van der Waals surface area contributed by atoms with Crippen molar-refractivity contribution in [3.05, 3.63) is 70.8 Å². The second-order valence-electron chi connectivity index (χ2n) is 7.38. The summed E-state index contributed by atoms with van der Waals surface area (Å²) in [5.41, 5.74) is 4.52. The lowest BCUT2D eigenvalue weighted by molar-refractivity contribution is 0.0827. The Morgan fingerprint density at radius 3 is 2.48 bits per heavy atom. The number of nitrogens with one attached hydrogen (secondary N) is 2. The van der Waals surface area contributed by atoms with Gasteiger partial charge in [0.25, 0.3) is 5.91 Å². The molecule has 0 aliphatic carbocycles. The Bertz CT molecular complexity index is 825. The highest BCUT2D eigenvalue weighted by molar-refractivity contribution is 14.0. The monoisotopic (exact) mass is 554 g/mol. The molecule has 7 heteroatoms. The largest absolute Gasteiger partial charge is 0.357 e. The number of carbonyl (C=O) groups excluding carboxylic acids is 1. The van der Waals surface area contributed by atoms with Crippen molar-refractivity contribution in [1.29, 1.82) is 0 Å². The molecule has 0 aliphatic rings. The predicted octanol–water partition coefficient (Wildman–Crippen LogP) is 4.35. The molecule has 2 aromatic carbocycles. The van der Waals surface area contributed by atoms with Crippen LogP contribution in [0, 0.1) is 6.92 Å². The van der Waals surface area contributed by atoms with Crippen LogP contribution in [0.5, 0.6) is 0 Å². The maximum absolute atomic E-state index is 12.1. The lowest BCUT2D eigenvalue weighted by Crippen LogP contribution is -2.38. The quantitative estimate of drug-likeness (QED) is 0.199. The Hall–Kier alpha value is -1.74. The molecular weight excluding hydrogens is 519 g/mol. The summed E-state index contributed by atoms with van der Waals surface area (Å²) in [6.45, 7) is 6.55. The van der Waals surface area contributed by atoms with Crippen molar-refractivity contribution in [2.24, 2.45) is 4.99 Å². The number of rotatable bonds is 10. The molecule has 2 aromatic rings. The van der Waals surface area contributed by atoms with Crippen LogP contribution < -0.4 is 10.6 Å². The Balaban J connectivity index is 0.00000480. The highest BCUT2D eigenvalue weighted by Gasteiger charge is 2.08. The lowest BCUT2D eigenvalue weighted by atomic mass is 10.1. The van der Waals surface area contributed by atoms with Crippen LogP contribution in [0.25, 0.3) is 0 Å². The van der Waals surface area contributed by atoms with Crippen molar-refractivity contribution in [2.45, 2.75) is 26.0 Å². The van der Waals surface area contributed by atoms with E-state index < -0.39 is 0 Å². The zero-order valence-electron chi connectivity index (χ0n) is 19.0. The van der Waals surface area contributed by atoms with Gasteiger partial charge in [0.2, 0.25) is 0 Å². The predicted molar refractivity (Wildman–Crippen MR) is 145 cm³/mol. The Morgan fingerprint density at radius 1 is 1.06 bits per heavy atom. The molecule has 0 spiro atoms. The van der Waals surface area contributed by atoms with E-state index in [1.807, 2.05) is 30.0 Å². The normalized spacial score (nSPS) is 10.9. The van der Waals surface area contributed by atoms with Gasteiger partial charge in [-0.2, -0.15) is 11.8 Å². The molecule has 0 atom stereocenters. The van der Waals surface area contributed by atoms with Gasteiger partial charge < -0.3 is 15.5 Å². The molecule has 2 rings (SSSR count). The van der Waals surface area contributed by atoms with Gasteiger partial charge in [-0.25, -0.2) is 0 Å². The van der Waals surface area contributed by atoms with Gasteiger partial charge in [0.05, 0.1) is 6.54 Å². The summed E-state index contributed by atoms with van der Waals surface area (Å²) in [7, 11) is 3.55. The maximum atomic E-state index is 12.1. The minimum Gasteiger partial charge on any atom is -0.357 e. The summed E-state index contributed by atoms with van der Waals surface area (Å²) in [6, 6.07) is 16.5. The summed E-state index contributed by atoms with van der Waals surface area (Å²) < 4.78 is 0. The molecule has 0 unspecified atom stereocenters. The fraction of sp³-hybridized carbons (Fsp3) is 0.417. The first-order chi connectivity index (χ1) is 14.5. The summed E-state index contributed by atoms with van der Waals surface area (Å²) in [4.78, 5) is 18.4. The van der Waals surface area contributed by atoms with E-state index in [2.05, 4.69) is 59.8 Å². The van der Waals surface area contributed by atoms with Crippen LogP contribution in [0.15, 0.2) is 53.5 Å². The van der Waals surface area contributed by atoms with Crippen molar-refractivity contribution in [1.82, 2.24) is 15.5 Å². The molecule has 2 N–H and O–H groups in total.